The Kier molecular flexibility index (Phi) is 4.27. The molecule has 1 aromatic carbocycles. The highest BCUT2D eigenvalue weighted by Gasteiger charge is 2.08. The van der Waals surface area contributed by atoms with Crippen molar-refractivity contribution in [3.05, 3.63) is 18.2 Å². The minimum atomic E-state index is 0.577. The van der Waals surface area contributed by atoms with Crippen LogP contribution in [0, 0.1) is 0 Å². The third kappa shape index (κ3) is 3.17. The average Bonchev–Trinajstić information content (AvgIpc) is 2.69. The zero-order chi connectivity index (χ0) is 13.8. The summed E-state index contributed by atoms with van der Waals surface area (Å²) in [6.45, 7) is 2.00. The molecule has 2 rings (SSSR count). The largest absolute Gasteiger partial charge is 0.497 e. The summed E-state index contributed by atoms with van der Waals surface area (Å²) in [5, 5.41) is 0. The topological polar surface area (TPSA) is 56.3 Å². The normalized spacial score (nSPS) is 11.4. The van der Waals surface area contributed by atoms with E-state index in [9.17, 15) is 0 Å². The zero-order valence-corrected chi connectivity index (χ0v) is 11.9. The smallest absolute Gasteiger partial charge is 0.201 e. The molecule has 19 heavy (non-hydrogen) atoms. The number of hydrogen-bond acceptors (Lipinski definition) is 4. The summed E-state index contributed by atoms with van der Waals surface area (Å²) in [5.41, 5.74) is 7.95. The van der Waals surface area contributed by atoms with Gasteiger partial charge in [-0.2, -0.15) is 0 Å². The van der Waals surface area contributed by atoms with E-state index in [1.807, 2.05) is 18.2 Å². The number of ether oxygens (including phenoxy) is 1. The molecule has 2 aromatic rings. The Morgan fingerprint density at radius 1 is 1.32 bits per heavy atom. The molecule has 0 radical (unpaired) electrons. The van der Waals surface area contributed by atoms with E-state index in [1.165, 1.54) is 0 Å². The first-order valence-corrected chi connectivity index (χ1v) is 6.56. The van der Waals surface area contributed by atoms with Crippen LogP contribution in [-0.4, -0.2) is 42.2 Å². The molecule has 5 heteroatoms. The van der Waals surface area contributed by atoms with E-state index in [1.54, 1.807) is 7.11 Å². The van der Waals surface area contributed by atoms with Crippen LogP contribution in [0.15, 0.2) is 18.2 Å². The molecular weight excluding hydrogens is 240 g/mol. The fraction of sp³-hybridized carbons (Fsp3) is 0.500. The Balaban J connectivity index is 2.12. The molecule has 0 bridgehead atoms. The van der Waals surface area contributed by atoms with Crippen molar-refractivity contribution in [3.8, 4) is 5.75 Å². The van der Waals surface area contributed by atoms with Crippen molar-refractivity contribution in [2.45, 2.75) is 19.4 Å². The van der Waals surface area contributed by atoms with Gasteiger partial charge in [0.1, 0.15) is 5.75 Å². The van der Waals surface area contributed by atoms with Gasteiger partial charge >= 0.3 is 0 Å². The van der Waals surface area contributed by atoms with E-state index < -0.39 is 0 Å². The van der Waals surface area contributed by atoms with E-state index in [0.29, 0.717) is 5.95 Å². The molecule has 5 nitrogen and oxygen atoms in total. The number of fused-ring (bicyclic) bond motifs is 1. The Bertz CT molecular complexity index is 548. The maximum absolute atomic E-state index is 5.99. The van der Waals surface area contributed by atoms with Crippen molar-refractivity contribution < 1.29 is 4.74 Å². The number of nitrogens with zero attached hydrogens (tertiary/aromatic N) is 3. The molecule has 0 fully saturated rings. The molecule has 0 spiro atoms. The quantitative estimate of drug-likeness (QED) is 0.809. The fourth-order valence-corrected chi connectivity index (χ4v) is 2.19. The lowest BCUT2D eigenvalue weighted by atomic mass is 10.2. The summed E-state index contributed by atoms with van der Waals surface area (Å²) in [5.74, 6) is 1.39. The zero-order valence-electron chi connectivity index (χ0n) is 11.9. The van der Waals surface area contributed by atoms with Crippen LogP contribution in [0.2, 0.25) is 0 Å². The first-order chi connectivity index (χ1) is 9.11. The van der Waals surface area contributed by atoms with Crippen LogP contribution in [0.1, 0.15) is 12.8 Å². The minimum absolute atomic E-state index is 0.577. The average molecular weight is 262 g/mol. The maximum atomic E-state index is 5.99. The lowest BCUT2D eigenvalue weighted by molar-refractivity contribution is 0.388. The highest BCUT2D eigenvalue weighted by Crippen LogP contribution is 2.23. The molecular formula is C14H22N4O. The number of aromatic nitrogens is 2. The maximum Gasteiger partial charge on any atom is 0.201 e. The monoisotopic (exact) mass is 262 g/mol. The molecule has 1 aromatic heterocycles. The molecule has 0 saturated heterocycles. The number of nitrogen functional groups attached to an aromatic ring is 1. The third-order valence-corrected chi connectivity index (χ3v) is 3.22. The highest BCUT2D eigenvalue weighted by molar-refractivity contribution is 5.79. The fourth-order valence-electron chi connectivity index (χ4n) is 2.19. The van der Waals surface area contributed by atoms with Crippen LogP contribution < -0.4 is 10.5 Å². The van der Waals surface area contributed by atoms with Crippen molar-refractivity contribution in [2.75, 3.05) is 33.5 Å². The van der Waals surface area contributed by atoms with E-state index in [4.69, 9.17) is 10.5 Å². The minimum Gasteiger partial charge on any atom is -0.497 e. The lowest BCUT2D eigenvalue weighted by Crippen LogP contribution is -2.13. The number of anilines is 1. The Hall–Kier alpha value is -1.75. The SMILES string of the molecule is COc1ccc2c(c1)nc(N)n2CCCCN(C)C. The molecule has 0 saturated carbocycles. The van der Waals surface area contributed by atoms with Gasteiger partial charge in [-0.3, -0.25) is 0 Å². The highest BCUT2D eigenvalue weighted by atomic mass is 16.5. The van der Waals surface area contributed by atoms with Gasteiger partial charge in [0.25, 0.3) is 0 Å². The third-order valence-electron chi connectivity index (χ3n) is 3.22. The summed E-state index contributed by atoms with van der Waals surface area (Å²) in [7, 11) is 5.84. The van der Waals surface area contributed by atoms with E-state index >= 15 is 0 Å². The van der Waals surface area contributed by atoms with Crippen LogP contribution in [0.4, 0.5) is 5.95 Å². The number of rotatable bonds is 6. The van der Waals surface area contributed by atoms with E-state index in [0.717, 1.165) is 42.7 Å². The van der Waals surface area contributed by atoms with Crippen molar-refractivity contribution in [2.24, 2.45) is 0 Å². The summed E-state index contributed by atoms with van der Waals surface area (Å²) in [6.07, 6.45) is 2.25. The van der Waals surface area contributed by atoms with Crippen LogP contribution in [0.3, 0.4) is 0 Å². The van der Waals surface area contributed by atoms with Gasteiger partial charge in [-0.05, 0) is 45.6 Å². The molecule has 0 aliphatic carbocycles. The van der Waals surface area contributed by atoms with Gasteiger partial charge in [0, 0.05) is 12.6 Å². The van der Waals surface area contributed by atoms with Gasteiger partial charge < -0.3 is 19.9 Å². The molecule has 2 N–H and O–H groups in total. The molecule has 1 heterocycles. The van der Waals surface area contributed by atoms with Gasteiger partial charge in [-0.25, -0.2) is 4.98 Å². The van der Waals surface area contributed by atoms with Crippen molar-refractivity contribution >= 4 is 17.0 Å². The number of nitrogens with two attached hydrogens (primary N) is 1. The Labute approximate surface area is 114 Å². The van der Waals surface area contributed by atoms with Crippen molar-refractivity contribution in [1.29, 1.82) is 0 Å². The standard InChI is InChI=1S/C14H22N4O/c1-17(2)8-4-5-9-18-13-7-6-11(19-3)10-12(13)16-14(18)15/h6-7,10H,4-5,8-9H2,1-3H3,(H2,15,16). The number of benzene rings is 1. The first kappa shape index (κ1) is 13.7. The summed E-state index contributed by atoms with van der Waals surface area (Å²) in [6, 6.07) is 5.88. The predicted molar refractivity (Wildman–Crippen MR) is 78.5 cm³/mol. The number of aryl methyl sites for hydroxylation is 1. The lowest BCUT2D eigenvalue weighted by Gasteiger charge is -2.10. The summed E-state index contributed by atoms with van der Waals surface area (Å²) < 4.78 is 7.27. The number of unbranched alkanes of at least 4 members (excludes halogenated alkanes) is 1. The summed E-state index contributed by atoms with van der Waals surface area (Å²) in [4.78, 5) is 6.58. The van der Waals surface area contributed by atoms with Gasteiger partial charge in [0.05, 0.1) is 18.1 Å². The second-order valence-electron chi connectivity index (χ2n) is 4.99. The molecule has 0 aliphatic heterocycles. The number of hydrogen-bond donors (Lipinski definition) is 1. The van der Waals surface area contributed by atoms with Crippen LogP contribution >= 0.6 is 0 Å². The second-order valence-corrected chi connectivity index (χ2v) is 4.99. The Morgan fingerprint density at radius 3 is 2.79 bits per heavy atom. The molecule has 0 atom stereocenters. The van der Waals surface area contributed by atoms with Crippen LogP contribution in [-0.2, 0) is 6.54 Å². The van der Waals surface area contributed by atoms with Gasteiger partial charge in [0.15, 0.2) is 0 Å². The van der Waals surface area contributed by atoms with Crippen molar-refractivity contribution in [3.63, 3.8) is 0 Å². The predicted octanol–water partition coefficient (Wildman–Crippen LogP) is 1.97. The molecule has 0 amide bonds. The van der Waals surface area contributed by atoms with Crippen molar-refractivity contribution in [1.82, 2.24) is 14.5 Å². The van der Waals surface area contributed by atoms with E-state index in [2.05, 4.69) is 28.5 Å². The molecule has 0 unspecified atom stereocenters. The van der Waals surface area contributed by atoms with Gasteiger partial charge in [-0.1, -0.05) is 0 Å². The van der Waals surface area contributed by atoms with Crippen LogP contribution in [0.5, 0.6) is 5.75 Å². The molecule has 104 valence electrons. The van der Waals surface area contributed by atoms with Gasteiger partial charge in [-0.15, -0.1) is 0 Å². The van der Waals surface area contributed by atoms with Gasteiger partial charge in [0.2, 0.25) is 5.95 Å². The first-order valence-electron chi connectivity index (χ1n) is 6.56. The number of imidazole rings is 1. The van der Waals surface area contributed by atoms with E-state index in [-0.39, 0.29) is 0 Å². The Morgan fingerprint density at radius 2 is 2.11 bits per heavy atom. The number of methoxy groups -OCH3 is 1. The summed E-state index contributed by atoms with van der Waals surface area (Å²) >= 11 is 0. The molecule has 0 aliphatic rings. The van der Waals surface area contributed by atoms with Crippen LogP contribution in [0.25, 0.3) is 11.0 Å². The second kappa shape index (κ2) is 5.93.